The number of aryl methyl sites for hydroxylation is 1. The fourth-order valence-electron chi connectivity index (χ4n) is 2.39. The summed E-state index contributed by atoms with van der Waals surface area (Å²) in [4.78, 5) is 22.7. The summed E-state index contributed by atoms with van der Waals surface area (Å²) in [6.45, 7) is 4.97. The molecule has 0 fully saturated rings. The molecule has 0 saturated heterocycles. The monoisotopic (exact) mass is 380 g/mol. The van der Waals surface area contributed by atoms with Gasteiger partial charge in [-0.25, -0.2) is 0 Å². The predicted molar refractivity (Wildman–Crippen MR) is 89.1 cm³/mol. The van der Waals surface area contributed by atoms with E-state index in [4.69, 9.17) is 0 Å². The van der Waals surface area contributed by atoms with Crippen LogP contribution in [0.1, 0.15) is 29.9 Å². The van der Waals surface area contributed by atoms with E-state index in [2.05, 4.69) is 26.3 Å². The molecule has 7 nitrogen and oxygen atoms in total. The van der Waals surface area contributed by atoms with Gasteiger partial charge in [-0.05, 0) is 38.5 Å². The van der Waals surface area contributed by atoms with Gasteiger partial charge < -0.3 is 5.32 Å². The number of carbonyl (C=O) groups is 1. The SMILES string of the molecule is Cc1nn(CC(=O)NC(C)c2cccc(Br)c2)c(C)c1[N+](=O)[O-]. The maximum atomic E-state index is 12.2. The average Bonchev–Trinajstić information content (AvgIpc) is 2.73. The standard InChI is InChI=1S/C15H17BrN4O3/c1-9(12-5-4-6-13(16)7-12)17-14(21)8-19-11(3)15(20(22)23)10(2)18-19/h4-7,9H,8H2,1-3H3,(H,17,21). The summed E-state index contributed by atoms with van der Waals surface area (Å²) in [5.74, 6) is -0.252. The van der Waals surface area contributed by atoms with Crippen LogP contribution in [-0.4, -0.2) is 20.6 Å². The maximum Gasteiger partial charge on any atom is 0.312 e. The highest BCUT2D eigenvalue weighted by Crippen LogP contribution is 2.22. The van der Waals surface area contributed by atoms with Gasteiger partial charge in [0.25, 0.3) is 0 Å². The fourth-order valence-corrected chi connectivity index (χ4v) is 2.80. The van der Waals surface area contributed by atoms with E-state index in [0.717, 1.165) is 10.0 Å². The van der Waals surface area contributed by atoms with Crippen LogP contribution in [0.15, 0.2) is 28.7 Å². The molecule has 23 heavy (non-hydrogen) atoms. The largest absolute Gasteiger partial charge is 0.348 e. The molecule has 0 radical (unpaired) electrons. The molecule has 1 atom stereocenters. The third kappa shape index (κ3) is 3.95. The summed E-state index contributed by atoms with van der Waals surface area (Å²) in [5.41, 5.74) is 1.60. The molecule has 1 amide bonds. The first-order valence-electron chi connectivity index (χ1n) is 7.02. The van der Waals surface area contributed by atoms with E-state index in [1.54, 1.807) is 13.8 Å². The zero-order valence-electron chi connectivity index (χ0n) is 13.0. The zero-order valence-corrected chi connectivity index (χ0v) is 14.6. The van der Waals surface area contributed by atoms with E-state index in [0.29, 0.717) is 11.4 Å². The van der Waals surface area contributed by atoms with Gasteiger partial charge >= 0.3 is 5.69 Å². The van der Waals surface area contributed by atoms with Crippen molar-refractivity contribution in [1.29, 1.82) is 0 Å². The second kappa shape index (κ2) is 6.91. The number of carbonyl (C=O) groups excluding carboxylic acids is 1. The zero-order chi connectivity index (χ0) is 17.1. The van der Waals surface area contributed by atoms with Gasteiger partial charge in [0.1, 0.15) is 17.9 Å². The number of halogens is 1. The van der Waals surface area contributed by atoms with Gasteiger partial charge in [-0.2, -0.15) is 5.10 Å². The summed E-state index contributed by atoms with van der Waals surface area (Å²) in [6.07, 6.45) is 0. The number of benzene rings is 1. The van der Waals surface area contributed by atoms with Crippen LogP contribution >= 0.6 is 15.9 Å². The normalized spacial score (nSPS) is 12.0. The van der Waals surface area contributed by atoms with E-state index in [1.807, 2.05) is 31.2 Å². The third-order valence-corrected chi connectivity index (χ3v) is 4.04. The molecular formula is C15H17BrN4O3. The summed E-state index contributed by atoms with van der Waals surface area (Å²) >= 11 is 3.39. The van der Waals surface area contributed by atoms with Crippen molar-refractivity contribution >= 4 is 27.5 Å². The average molecular weight is 381 g/mol. The van der Waals surface area contributed by atoms with Gasteiger partial charge in [0.15, 0.2) is 0 Å². The van der Waals surface area contributed by atoms with Gasteiger partial charge in [0.05, 0.1) is 11.0 Å². The molecule has 0 bridgehead atoms. The topological polar surface area (TPSA) is 90.1 Å². The molecule has 0 aliphatic heterocycles. The Labute approximate surface area is 142 Å². The summed E-state index contributed by atoms with van der Waals surface area (Å²) in [5, 5.41) is 17.9. The Kier molecular flexibility index (Phi) is 5.15. The number of hydrogen-bond acceptors (Lipinski definition) is 4. The minimum atomic E-state index is -0.476. The summed E-state index contributed by atoms with van der Waals surface area (Å²) in [6, 6.07) is 7.48. The predicted octanol–water partition coefficient (Wildman–Crippen LogP) is 3.05. The first kappa shape index (κ1) is 17.1. The molecule has 1 N–H and O–H groups in total. The first-order chi connectivity index (χ1) is 10.8. The molecule has 1 unspecified atom stereocenters. The van der Waals surface area contributed by atoms with Crippen molar-refractivity contribution in [3.05, 3.63) is 55.8 Å². The molecule has 1 aromatic carbocycles. The lowest BCUT2D eigenvalue weighted by Crippen LogP contribution is -2.30. The molecule has 2 rings (SSSR count). The van der Waals surface area contributed by atoms with Crippen molar-refractivity contribution in [2.24, 2.45) is 0 Å². The Hall–Kier alpha value is -2.22. The van der Waals surface area contributed by atoms with Crippen LogP contribution in [0.2, 0.25) is 0 Å². The number of nitrogens with one attached hydrogen (secondary N) is 1. The number of amides is 1. The number of aromatic nitrogens is 2. The molecular weight excluding hydrogens is 364 g/mol. The van der Waals surface area contributed by atoms with Gasteiger partial charge in [0.2, 0.25) is 5.91 Å². The number of nitrogens with zero attached hydrogens (tertiary/aromatic N) is 3. The molecule has 8 heteroatoms. The van der Waals surface area contributed by atoms with Crippen molar-refractivity contribution in [2.45, 2.75) is 33.4 Å². The van der Waals surface area contributed by atoms with Crippen molar-refractivity contribution in [1.82, 2.24) is 15.1 Å². The Bertz CT molecular complexity index is 757. The van der Waals surface area contributed by atoms with Crippen LogP contribution in [-0.2, 0) is 11.3 Å². The molecule has 0 aliphatic carbocycles. The smallest absolute Gasteiger partial charge is 0.312 e. The number of hydrogen-bond donors (Lipinski definition) is 1. The molecule has 0 saturated carbocycles. The molecule has 2 aromatic rings. The minimum absolute atomic E-state index is 0.0437. The van der Waals surface area contributed by atoms with Crippen molar-refractivity contribution in [3.8, 4) is 0 Å². The number of nitro groups is 1. The fraction of sp³-hybridized carbons (Fsp3) is 0.333. The summed E-state index contributed by atoms with van der Waals surface area (Å²) in [7, 11) is 0. The minimum Gasteiger partial charge on any atom is -0.348 e. The van der Waals surface area contributed by atoms with Gasteiger partial charge in [-0.15, -0.1) is 0 Å². The van der Waals surface area contributed by atoms with Crippen LogP contribution in [0.25, 0.3) is 0 Å². The second-order valence-corrected chi connectivity index (χ2v) is 6.19. The Morgan fingerprint density at radius 3 is 2.74 bits per heavy atom. The van der Waals surface area contributed by atoms with Crippen molar-refractivity contribution < 1.29 is 9.72 Å². The lowest BCUT2D eigenvalue weighted by Gasteiger charge is -2.15. The Morgan fingerprint density at radius 1 is 1.48 bits per heavy atom. The molecule has 122 valence electrons. The first-order valence-corrected chi connectivity index (χ1v) is 7.82. The van der Waals surface area contributed by atoms with Crippen LogP contribution in [0, 0.1) is 24.0 Å². The third-order valence-electron chi connectivity index (χ3n) is 3.55. The number of rotatable bonds is 5. The molecule has 1 aromatic heterocycles. The van der Waals surface area contributed by atoms with Crippen molar-refractivity contribution in [3.63, 3.8) is 0 Å². The van der Waals surface area contributed by atoms with Gasteiger partial charge in [-0.3, -0.25) is 19.6 Å². The molecule has 0 spiro atoms. The lowest BCUT2D eigenvalue weighted by atomic mass is 10.1. The van der Waals surface area contributed by atoms with E-state index < -0.39 is 4.92 Å². The van der Waals surface area contributed by atoms with Crippen LogP contribution in [0.5, 0.6) is 0 Å². The van der Waals surface area contributed by atoms with Crippen LogP contribution in [0.3, 0.4) is 0 Å². The Balaban J connectivity index is 2.08. The van der Waals surface area contributed by atoms with Gasteiger partial charge in [-0.1, -0.05) is 28.1 Å². The highest BCUT2D eigenvalue weighted by atomic mass is 79.9. The van der Waals surface area contributed by atoms with E-state index in [1.165, 1.54) is 4.68 Å². The quantitative estimate of drug-likeness (QED) is 0.637. The van der Waals surface area contributed by atoms with Gasteiger partial charge in [0, 0.05) is 4.47 Å². The highest BCUT2D eigenvalue weighted by Gasteiger charge is 2.23. The van der Waals surface area contributed by atoms with E-state index >= 15 is 0 Å². The molecule has 0 aliphatic rings. The molecule has 1 heterocycles. The maximum absolute atomic E-state index is 12.2. The summed E-state index contributed by atoms with van der Waals surface area (Å²) < 4.78 is 2.29. The van der Waals surface area contributed by atoms with Crippen LogP contribution < -0.4 is 5.32 Å². The van der Waals surface area contributed by atoms with Crippen LogP contribution in [0.4, 0.5) is 5.69 Å². The van der Waals surface area contributed by atoms with Crippen molar-refractivity contribution in [2.75, 3.05) is 0 Å². The second-order valence-electron chi connectivity index (χ2n) is 5.28. The lowest BCUT2D eigenvalue weighted by molar-refractivity contribution is -0.386. The van der Waals surface area contributed by atoms with E-state index in [9.17, 15) is 14.9 Å². The Morgan fingerprint density at radius 2 is 2.17 bits per heavy atom. The van der Waals surface area contributed by atoms with E-state index in [-0.39, 0.29) is 24.2 Å². The highest BCUT2D eigenvalue weighted by molar-refractivity contribution is 9.10.